The second-order valence-electron chi connectivity index (χ2n) is 3.05. The van der Waals surface area contributed by atoms with E-state index in [2.05, 4.69) is 16.6 Å². The fourth-order valence-corrected chi connectivity index (χ4v) is 0.487. The molecule has 0 saturated carbocycles. The largest absolute Gasteiger partial charge is 0.445 e. The summed E-state index contributed by atoms with van der Waals surface area (Å²) in [4.78, 5) is 10.9. The molecule has 0 unspecified atom stereocenters. The maximum absolute atomic E-state index is 10.9. The van der Waals surface area contributed by atoms with Crippen molar-refractivity contribution in [1.29, 1.82) is 0 Å². The summed E-state index contributed by atoms with van der Waals surface area (Å²) in [5.41, 5.74) is -0.641. The van der Waals surface area contributed by atoms with Gasteiger partial charge in [-0.05, 0) is 13.8 Å². The fourth-order valence-electron chi connectivity index (χ4n) is 0.487. The van der Waals surface area contributed by atoms with E-state index in [0.29, 0.717) is 0 Å². The summed E-state index contributed by atoms with van der Waals surface area (Å²) in [6.45, 7) is 6.83. The van der Waals surface area contributed by atoms with Crippen LogP contribution in [0.4, 0.5) is 4.79 Å². The standard InChI is InChI=1S/C8H15NO3/c1-4-5-12-7(11)9-8(2,3)6-10/h4,10H,1,5-6H2,2-3H3,(H,9,11). The number of aliphatic hydroxyl groups is 1. The van der Waals surface area contributed by atoms with Crippen molar-refractivity contribution in [2.75, 3.05) is 13.2 Å². The maximum atomic E-state index is 10.9. The van der Waals surface area contributed by atoms with Crippen LogP contribution in [0.25, 0.3) is 0 Å². The summed E-state index contributed by atoms with van der Waals surface area (Å²) >= 11 is 0. The number of hydrogen-bond acceptors (Lipinski definition) is 3. The summed E-state index contributed by atoms with van der Waals surface area (Å²) in [7, 11) is 0. The van der Waals surface area contributed by atoms with Crippen LogP contribution < -0.4 is 5.32 Å². The van der Waals surface area contributed by atoms with Gasteiger partial charge in [-0.3, -0.25) is 0 Å². The van der Waals surface area contributed by atoms with Crippen molar-refractivity contribution >= 4 is 6.09 Å². The first-order valence-corrected chi connectivity index (χ1v) is 3.68. The molecular formula is C8H15NO3. The average molecular weight is 173 g/mol. The highest BCUT2D eigenvalue weighted by molar-refractivity contribution is 5.68. The molecule has 2 N–H and O–H groups in total. The van der Waals surface area contributed by atoms with Gasteiger partial charge in [0.15, 0.2) is 0 Å². The van der Waals surface area contributed by atoms with E-state index in [0.717, 1.165) is 0 Å². The van der Waals surface area contributed by atoms with Crippen molar-refractivity contribution in [2.45, 2.75) is 19.4 Å². The van der Waals surface area contributed by atoms with E-state index in [1.807, 2.05) is 0 Å². The normalized spacial score (nSPS) is 10.6. The Kier molecular flexibility index (Phi) is 4.36. The van der Waals surface area contributed by atoms with Gasteiger partial charge < -0.3 is 15.2 Å². The molecule has 4 heteroatoms. The van der Waals surface area contributed by atoms with Crippen LogP contribution in [0.5, 0.6) is 0 Å². The maximum Gasteiger partial charge on any atom is 0.407 e. The zero-order chi connectivity index (χ0) is 9.61. The predicted octanol–water partition coefficient (Wildman–Crippen LogP) is 0.669. The molecule has 0 aliphatic heterocycles. The lowest BCUT2D eigenvalue weighted by atomic mass is 10.1. The molecule has 0 heterocycles. The monoisotopic (exact) mass is 173 g/mol. The van der Waals surface area contributed by atoms with Gasteiger partial charge in [-0.25, -0.2) is 4.79 Å². The molecule has 0 fully saturated rings. The predicted molar refractivity (Wildman–Crippen MR) is 45.8 cm³/mol. The van der Waals surface area contributed by atoms with Crippen LogP contribution in [-0.4, -0.2) is 30.0 Å². The second-order valence-corrected chi connectivity index (χ2v) is 3.05. The Morgan fingerprint density at radius 1 is 1.75 bits per heavy atom. The molecule has 0 saturated heterocycles. The molecule has 0 aromatic heterocycles. The first kappa shape index (κ1) is 11.0. The van der Waals surface area contributed by atoms with E-state index >= 15 is 0 Å². The van der Waals surface area contributed by atoms with Gasteiger partial charge in [-0.15, -0.1) is 0 Å². The first-order valence-electron chi connectivity index (χ1n) is 3.68. The number of carbonyl (C=O) groups excluding carboxylic acids is 1. The topological polar surface area (TPSA) is 58.6 Å². The van der Waals surface area contributed by atoms with Crippen molar-refractivity contribution in [3.05, 3.63) is 12.7 Å². The average Bonchev–Trinajstić information content (AvgIpc) is 2.00. The van der Waals surface area contributed by atoms with Gasteiger partial charge in [0, 0.05) is 0 Å². The Bertz CT molecular complexity index is 166. The van der Waals surface area contributed by atoms with E-state index in [9.17, 15) is 4.79 Å². The van der Waals surface area contributed by atoms with Gasteiger partial charge in [-0.1, -0.05) is 12.7 Å². The number of rotatable bonds is 4. The third kappa shape index (κ3) is 4.73. The van der Waals surface area contributed by atoms with Crippen molar-refractivity contribution in [3.8, 4) is 0 Å². The van der Waals surface area contributed by atoms with Crippen LogP contribution in [0.15, 0.2) is 12.7 Å². The minimum atomic E-state index is -0.641. The van der Waals surface area contributed by atoms with Crippen molar-refractivity contribution in [3.63, 3.8) is 0 Å². The van der Waals surface area contributed by atoms with Crippen LogP contribution in [0.1, 0.15) is 13.8 Å². The Hall–Kier alpha value is -1.03. The van der Waals surface area contributed by atoms with Crippen LogP contribution in [0, 0.1) is 0 Å². The van der Waals surface area contributed by atoms with E-state index < -0.39 is 11.6 Å². The zero-order valence-electron chi connectivity index (χ0n) is 7.46. The number of aliphatic hydroxyl groups excluding tert-OH is 1. The summed E-state index contributed by atoms with van der Waals surface area (Å²) < 4.78 is 4.65. The molecule has 4 nitrogen and oxygen atoms in total. The number of ether oxygens (including phenoxy) is 1. The molecule has 0 aliphatic rings. The molecular weight excluding hydrogens is 158 g/mol. The third-order valence-corrected chi connectivity index (χ3v) is 1.17. The second kappa shape index (κ2) is 4.77. The minimum absolute atomic E-state index is 0.129. The Balaban J connectivity index is 3.75. The number of nitrogens with one attached hydrogen (secondary N) is 1. The molecule has 0 aromatic carbocycles. The van der Waals surface area contributed by atoms with Gasteiger partial charge in [0.2, 0.25) is 0 Å². The molecule has 12 heavy (non-hydrogen) atoms. The summed E-state index contributed by atoms with van der Waals surface area (Å²) in [6.07, 6.45) is 0.930. The van der Waals surface area contributed by atoms with Gasteiger partial charge in [0.05, 0.1) is 12.1 Å². The third-order valence-electron chi connectivity index (χ3n) is 1.17. The quantitative estimate of drug-likeness (QED) is 0.614. The highest BCUT2D eigenvalue weighted by Gasteiger charge is 2.19. The summed E-state index contributed by atoms with van der Waals surface area (Å²) in [5.74, 6) is 0. The molecule has 1 amide bonds. The van der Waals surface area contributed by atoms with Crippen LogP contribution in [0.3, 0.4) is 0 Å². The lowest BCUT2D eigenvalue weighted by Crippen LogP contribution is -2.46. The Labute approximate surface area is 72.2 Å². The number of hydrogen-bond donors (Lipinski definition) is 2. The van der Waals surface area contributed by atoms with Crippen LogP contribution in [-0.2, 0) is 4.74 Å². The van der Waals surface area contributed by atoms with E-state index in [1.165, 1.54) is 6.08 Å². The van der Waals surface area contributed by atoms with Crippen molar-refractivity contribution in [1.82, 2.24) is 5.32 Å². The molecule has 0 atom stereocenters. The smallest absolute Gasteiger partial charge is 0.407 e. The van der Waals surface area contributed by atoms with Crippen LogP contribution in [0.2, 0.25) is 0 Å². The van der Waals surface area contributed by atoms with Gasteiger partial charge in [0.1, 0.15) is 6.61 Å². The number of alkyl carbamates (subject to hydrolysis) is 1. The lowest BCUT2D eigenvalue weighted by molar-refractivity contribution is 0.130. The molecule has 0 bridgehead atoms. The zero-order valence-corrected chi connectivity index (χ0v) is 7.46. The van der Waals surface area contributed by atoms with Crippen molar-refractivity contribution < 1.29 is 14.6 Å². The summed E-state index contributed by atoms with van der Waals surface area (Å²) in [5, 5.41) is 11.3. The molecule has 0 aliphatic carbocycles. The molecule has 0 radical (unpaired) electrons. The van der Waals surface area contributed by atoms with E-state index in [4.69, 9.17) is 5.11 Å². The van der Waals surface area contributed by atoms with Crippen LogP contribution >= 0.6 is 0 Å². The first-order chi connectivity index (χ1) is 5.52. The molecule has 70 valence electrons. The highest BCUT2D eigenvalue weighted by atomic mass is 16.5. The molecule has 0 spiro atoms. The molecule has 0 rings (SSSR count). The Morgan fingerprint density at radius 3 is 2.75 bits per heavy atom. The van der Waals surface area contributed by atoms with E-state index in [1.54, 1.807) is 13.8 Å². The lowest BCUT2D eigenvalue weighted by Gasteiger charge is -2.22. The summed E-state index contributed by atoms with van der Waals surface area (Å²) in [6, 6.07) is 0. The number of carbonyl (C=O) groups is 1. The Morgan fingerprint density at radius 2 is 2.33 bits per heavy atom. The number of amides is 1. The molecule has 0 aromatic rings. The van der Waals surface area contributed by atoms with Crippen molar-refractivity contribution in [2.24, 2.45) is 0 Å². The SMILES string of the molecule is C=CCOC(=O)NC(C)(C)CO. The highest BCUT2D eigenvalue weighted by Crippen LogP contribution is 1.99. The minimum Gasteiger partial charge on any atom is -0.445 e. The van der Waals surface area contributed by atoms with Gasteiger partial charge >= 0.3 is 6.09 Å². The fraction of sp³-hybridized carbons (Fsp3) is 0.625. The van der Waals surface area contributed by atoms with Gasteiger partial charge in [0.25, 0.3) is 0 Å². The van der Waals surface area contributed by atoms with E-state index in [-0.39, 0.29) is 13.2 Å². The van der Waals surface area contributed by atoms with Gasteiger partial charge in [-0.2, -0.15) is 0 Å².